The number of fused-ring (bicyclic) bond motifs is 4. The van der Waals surface area contributed by atoms with Crippen LogP contribution in [0.3, 0.4) is 0 Å². The molecule has 4 aromatic rings. The number of rotatable bonds is 4. The summed E-state index contributed by atoms with van der Waals surface area (Å²) in [4.78, 5) is 13.6. The number of imidazole rings is 1. The maximum Gasteiger partial charge on any atom is 0.165 e. The van der Waals surface area contributed by atoms with Gasteiger partial charge in [0.2, 0.25) is 0 Å². The molecule has 7 nitrogen and oxygen atoms in total. The third kappa shape index (κ3) is 3.78. The molecule has 0 atom stereocenters. The summed E-state index contributed by atoms with van der Waals surface area (Å²) >= 11 is 0. The molecule has 0 aliphatic carbocycles. The van der Waals surface area contributed by atoms with Crippen LogP contribution < -0.4 is 9.64 Å². The molecule has 1 saturated heterocycles. The first-order chi connectivity index (χ1) is 17.1. The molecule has 2 aromatic heterocycles. The molecule has 35 heavy (non-hydrogen) atoms. The second-order valence-corrected chi connectivity index (χ2v) is 9.06. The molecule has 0 spiro atoms. The van der Waals surface area contributed by atoms with E-state index in [4.69, 9.17) is 4.74 Å². The predicted molar refractivity (Wildman–Crippen MR) is 131 cm³/mol. The zero-order chi connectivity index (χ0) is 23.9. The SMILES string of the molecule is Cc1ccc2c(N3CCN(CCc4c(F)ccc5c4OCc4c(C#N)ncn4-5)CC3)cccc2n1. The van der Waals surface area contributed by atoms with E-state index in [0.717, 1.165) is 49.6 Å². The van der Waals surface area contributed by atoms with Gasteiger partial charge in [0.1, 0.15) is 30.6 Å². The van der Waals surface area contributed by atoms with Crippen molar-refractivity contribution in [3.63, 3.8) is 0 Å². The van der Waals surface area contributed by atoms with E-state index in [9.17, 15) is 9.65 Å². The number of ether oxygens (including phenoxy) is 1. The summed E-state index contributed by atoms with van der Waals surface area (Å²) in [5.74, 6) is 0.293. The number of anilines is 1. The molecule has 2 aliphatic rings. The Morgan fingerprint density at radius 2 is 1.91 bits per heavy atom. The molecule has 0 bridgehead atoms. The van der Waals surface area contributed by atoms with Crippen LogP contribution in [0.25, 0.3) is 16.6 Å². The van der Waals surface area contributed by atoms with Crippen LogP contribution in [0.2, 0.25) is 0 Å². The zero-order valence-corrected chi connectivity index (χ0v) is 19.5. The van der Waals surface area contributed by atoms with Gasteiger partial charge in [0.05, 0.1) is 16.9 Å². The average Bonchev–Trinajstić information content (AvgIpc) is 3.31. The molecule has 8 heteroatoms. The molecule has 0 N–H and O–H groups in total. The van der Waals surface area contributed by atoms with E-state index >= 15 is 0 Å². The van der Waals surface area contributed by atoms with Crippen molar-refractivity contribution in [2.75, 3.05) is 37.6 Å². The van der Waals surface area contributed by atoms with E-state index in [2.05, 4.69) is 56.2 Å². The fourth-order valence-electron chi connectivity index (χ4n) is 5.13. The third-order valence-electron chi connectivity index (χ3n) is 7.01. The maximum atomic E-state index is 14.8. The summed E-state index contributed by atoms with van der Waals surface area (Å²) in [7, 11) is 0. The molecule has 0 unspecified atom stereocenters. The van der Waals surface area contributed by atoms with Crippen molar-refractivity contribution >= 4 is 16.6 Å². The van der Waals surface area contributed by atoms with E-state index < -0.39 is 0 Å². The summed E-state index contributed by atoms with van der Waals surface area (Å²) in [5, 5.41) is 10.4. The van der Waals surface area contributed by atoms with Crippen molar-refractivity contribution in [2.24, 2.45) is 0 Å². The van der Waals surface area contributed by atoms with Crippen LogP contribution >= 0.6 is 0 Å². The van der Waals surface area contributed by atoms with Crippen molar-refractivity contribution in [3.8, 4) is 17.5 Å². The van der Waals surface area contributed by atoms with E-state index in [1.807, 2.05) is 11.5 Å². The molecule has 6 rings (SSSR count). The maximum absolute atomic E-state index is 14.8. The van der Waals surface area contributed by atoms with Gasteiger partial charge >= 0.3 is 0 Å². The summed E-state index contributed by atoms with van der Waals surface area (Å²) in [6, 6.07) is 15.8. The van der Waals surface area contributed by atoms with Gasteiger partial charge in [0, 0.05) is 55.1 Å². The van der Waals surface area contributed by atoms with Gasteiger partial charge in [-0.2, -0.15) is 5.26 Å². The minimum absolute atomic E-state index is 0.213. The Hall–Kier alpha value is -3.96. The fraction of sp³-hybridized carbons (Fsp3) is 0.296. The van der Waals surface area contributed by atoms with Crippen molar-refractivity contribution in [3.05, 3.63) is 77.3 Å². The van der Waals surface area contributed by atoms with Gasteiger partial charge in [-0.15, -0.1) is 0 Å². The Morgan fingerprint density at radius 3 is 2.74 bits per heavy atom. The third-order valence-corrected chi connectivity index (χ3v) is 7.01. The number of hydrogen-bond donors (Lipinski definition) is 0. The van der Waals surface area contributed by atoms with E-state index in [-0.39, 0.29) is 12.4 Å². The normalized spacial score (nSPS) is 15.4. The molecule has 176 valence electrons. The van der Waals surface area contributed by atoms with Crippen molar-refractivity contribution < 1.29 is 9.13 Å². The molecule has 0 radical (unpaired) electrons. The summed E-state index contributed by atoms with van der Waals surface area (Å²) in [5.41, 5.74) is 5.63. The van der Waals surface area contributed by atoms with E-state index in [1.165, 1.54) is 17.1 Å². The number of benzene rings is 2. The highest BCUT2D eigenvalue weighted by Gasteiger charge is 2.26. The van der Waals surface area contributed by atoms with Gasteiger partial charge in [-0.1, -0.05) is 6.07 Å². The molecule has 2 aromatic carbocycles. The first-order valence-corrected chi connectivity index (χ1v) is 11.9. The molecular formula is C27H25FN6O. The lowest BCUT2D eigenvalue weighted by molar-refractivity contribution is 0.253. The van der Waals surface area contributed by atoms with Crippen LogP contribution in [0.15, 0.2) is 48.8 Å². The smallest absolute Gasteiger partial charge is 0.165 e. The molecule has 0 amide bonds. The van der Waals surface area contributed by atoms with Gasteiger partial charge < -0.3 is 9.64 Å². The Labute approximate surface area is 203 Å². The van der Waals surface area contributed by atoms with Crippen molar-refractivity contribution in [2.45, 2.75) is 20.0 Å². The first-order valence-electron chi connectivity index (χ1n) is 11.9. The topological polar surface area (TPSA) is 70.2 Å². The van der Waals surface area contributed by atoms with E-state index in [0.29, 0.717) is 29.1 Å². The van der Waals surface area contributed by atoms with Crippen LogP contribution in [0.4, 0.5) is 10.1 Å². The Kier molecular flexibility index (Phi) is 5.34. The highest BCUT2D eigenvalue weighted by atomic mass is 19.1. The average molecular weight is 469 g/mol. The van der Waals surface area contributed by atoms with Crippen LogP contribution in [0.1, 0.15) is 22.6 Å². The predicted octanol–water partition coefficient (Wildman–Crippen LogP) is 4.00. The highest BCUT2D eigenvalue weighted by molar-refractivity contribution is 5.92. The monoisotopic (exact) mass is 468 g/mol. The van der Waals surface area contributed by atoms with Gasteiger partial charge in [-0.25, -0.2) is 9.37 Å². The van der Waals surface area contributed by atoms with E-state index in [1.54, 1.807) is 12.4 Å². The standard InChI is InChI=1S/C27H25FN6O/c1-18-5-6-20-22(31-18)3-2-4-24(20)33-13-11-32(12-14-33)10-9-19-21(28)7-8-25-27(19)35-16-26-23(15-29)30-17-34(25)26/h2-8,17H,9-14,16H2,1H3. The second-order valence-electron chi connectivity index (χ2n) is 9.06. The lowest BCUT2D eigenvalue weighted by atomic mass is 10.1. The molecule has 2 aliphatic heterocycles. The molecule has 0 saturated carbocycles. The number of pyridine rings is 1. The zero-order valence-electron chi connectivity index (χ0n) is 19.5. The van der Waals surface area contributed by atoms with Crippen LogP contribution in [0, 0.1) is 24.1 Å². The van der Waals surface area contributed by atoms with Crippen LogP contribution in [-0.4, -0.2) is 52.2 Å². The quantitative estimate of drug-likeness (QED) is 0.451. The number of hydrogen-bond acceptors (Lipinski definition) is 6. The van der Waals surface area contributed by atoms with Gasteiger partial charge in [-0.3, -0.25) is 14.5 Å². The fourth-order valence-corrected chi connectivity index (χ4v) is 5.13. The highest BCUT2D eigenvalue weighted by Crippen LogP contribution is 2.36. The minimum atomic E-state index is -0.259. The Balaban J connectivity index is 1.16. The van der Waals surface area contributed by atoms with Crippen LogP contribution in [0.5, 0.6) is 5.75 Å². The Bertz CT molecular complexity index is 1460. The number of aromatic nitrogens is 3. The summed E-state index contributed by atoms with van der Waals surface area (Å²) in [6.07, 6.45) is 2.17. The number of piperazine rings is 1. The largest absolute Gasteiger partial charge is 0.485 e. The molecule has 1 fully saturated rings. The van der Waals surface area contributed by atoms with Crippen molar-refractivity contribution in [1.29, 1.82) is 5.26 Å². The first kappa shape index (κ1) is 21.6. The van der Waals surface area contributed by atoms with Crippen LogP contribution in [-0.2, 0) is 13.0 Å². The second kappa shape index (κ2) is 8.67. The van der Waals surface area contributed by atoms with Gasteiger partial charge in [0.15, 0.2) is 5.69 Å². The Morgan fingerprint density at radius 1 is 1.06 bits per heavy atom. The van der Waals surface area contributed by atoms with Crippen molar-refractivity contribution in [1.82, 2.24) is 19.4 Å². The molecule has 4 heterocycles. The van der Waals surface area contributed by atoms with Gasteiger partial charge in [-0.05, 0) is 49.7 Å². The number of nitriles is 1. The summed E-state index contributed by atoms with van der Waals surface area (Å²) in [6.45, 7) is 6.61. The lowest BCUT2D eigenvalue weighted by Gasteiger charge is -2.36. The lowest BCUT2D eigenvalue weighted by Crippen LogP contribution is -2.47. The number of aryl methyl sites for hydroxylation is 1. The molecular weight excluding hydrogens is 443 g/mol. The minimum Gasteiger partial charge on any atom is -0.485 e. The number of halogens is 1. The summed E-state index contributed by atoms with van der Waals surface area (Å²) < 4.78 is 22.6. The number of nitrogens with zero attached hydrogens (tertiary/aromatic N) is 6. The van der Waals surface area contributed by atoms with Gasteiger partial charge in [0.25, 0.3) is 0 Å².